The molecule has 0 radical (unpaired) electrons. The van der Waals surface area contributed by atoms with Gasteiger partial charge in [0.1, 0.15) is 5.75 Å². The second-order valence-corrected chi connectivity index (χ2v) is 4.50. The zero-order valence-electron chi connectivity index (χ0n) is 11.8. The fourth-order valence-corrected chi connectivity index (χ4v) is 1.86. The molecular weight excluding hydrogens is 226 g/mol. The molecule has 3 nitrogen and oxygen atoms in total. The summed E-state index contributed by atoms with van der Waals surface area (Å²) in [6.45, 7) is 9.33. The number of benzene rings is 1. The standard InChI is InChI=1S/C15H23NO2/c1-5-7-15(17)16-10-13-8-12(4)14(18-6-2)9-11(13)3/h8-9H,5-7,10H2,1-4H3,(H,16,17). The minimum Gasteiger partial charge on any atom is -0.494 e. The average Bonchev–Trinajstić information content (AvgIpc) is 2.32. The molecule has 100 valence electrons. The first-order valence-electron chi connectivity index (χ1n) is 6.58. The van der Waals surface area contributed by atoms with Crippen LogP contribution in [0, 0.1) is 13.8 Å². The summed E-state index contributed by atoms with van der Waals surface area (Å²) in [5, 5.41) is 2.94. The van der Waals surface area contributed by atoms with E-state index in [-0.39, 0.29) is 5.91 Å². The van der Waals surface area contributed by atoms with Crippen molar-refractivity contribution in [3.05, 3.63) is 28.8 Å². The highest BCUT2D eigenvalue weighted by Crippen LogP contribution is 2.22. The smallest absolute Gasteiger partial charge is 0.220 e. The molecule has 0 fully saturated rings. The number of aryl methyl sites for hydroxylation is 2. The summed E-state index contributed by atoms with van der Waals surface area (Å²) >= 11 is 0. The third kappa shape index (κ3) is 4.06. The Labute approximate surface area is 110 Å². The van der Waals surface area contributed by atoms with E-state index in [9.17, 15) is 4.79 Å². The summed E-state index contributed by atoms with van der Waals surface area (Å²) in [6.07, 6.45) is 1.47. The fraction of sp³-hybridized carbons (Fsp3) is 0.533. The van der Waals surface area contributed by atoms with E-state index in [0.29, 0.717) is 19.6 Å². The first-order chi connectivity index (χ1) is 8.58. The lowest BCUT2D eigenvalue weighted by molar-refractivity contribution is -0.121. The Kier molecular flexibility index (Phi) is 5.69. The van der Waals surface area contributed by atoms with Crippen LogP contribution >= 0.6 is 0 Å². The Balaban J connectivity index is 2.72. The van der Waals surface area contributed by atoms with Gasteiger partial charge in [-0.3, -0.25) is 4.79 Å². The van der Waals surface area contributed by atoms with E-state index in [2.05, 4.69) is 11.4 Å². The van der Waals surface area contributed by atoms with Crippen LogP contribution in [-0.4, -0.2) is 12.5 Å². The molecule has 1 aromatic carbocycles. The van der Waals surface area contributed by atoms with Crippen LogP contribution in [-0.2, 0) is 11.3 Å². The lowest BCUT2D eigenvalue weighted by Crippen LogP contribution is -2.22. The SMILES string of the molecule is CCCC(=O)NCc1cc(C)c(OCC)cc1C. The van der Waals surface area contributed by atoms with Crippen molar-refractivity contribution in [1.29, 1.82) is 0 Å². The van der Waals surface area contributed by atoms with Gasteiger partial charge in [0.15, 0.2) is 0 Å². The largest absolute Gasteiger partial charge is 0.494 e. The summed E-state index contributed by atoms with van der Waals surface area (Å²) in [7, 11) is 0. The minimum absolute atomic E-state index is 0.114. The predicted octanol–water partition coefficient (Wildman–Crippen LogP) is 3.12. The highest BCUT2D eigenvalue weighted by molar-refractivity contribution is 5.75. The van der Waals surface area contributed by atoms with Crippen molar-refractivity contribution < 1.29 is 9.53 Å². The normalized spacial score (nSPS) is 10.2. The number of hydrogen-bond acceptors (Lipinski definition) is 2. The monoisotopic (exact) mass is 249 g/mol. The molecule has 0 bridgehead atoms. The molecular formula is C15H23NO2. The van der Waals surface area contributed by atoms with Gasteiger partial charge in [0.05, 0.1) is 6.61 Å². The quantitative estimate of drug-likeness (QED) is 0.841. The predicted molar refractivity (Wildman–Crippen MR) is 73.8 cm³/mol. The van der Waals surface area contributed by atoms with E-state index in [4.69, 9.17) is 4.74 Å². The highest BCUT2D eigenvalue weighted by atomic mass is 16.5. The lowest BCUT2D eigenvalue weighted by Gasteiger charge is -2.13. The molecule has 1 N–H and O–H groups in total. The van der Waals surface area contributed by atoms with Crippen LogP contribution in [0.15, 0.2) is 12.1 Å². The van der Waals surface area contributed by atoms with Crippen molar-refractivity contribution in [2.24, 2.45) is 0 Å². The van der Waals surface area contributed by atoms with E-state index in [1.54, 1.807) is 0 Å². The van der Waals surface area contributed by atoms with Crippen molar-refractivity contribution in [3.63, 3.8) is 0 Å². The Bertz CT molecular complexity index is 413. The molecule has 0 saturated carbocycles. The van der Waals surface area contributed by atoms with Gasteiger partial charge in [-0.05, 0) is 49.9 Å². The van der Waals surface area contributed by atoms with Gasteiger partial charge < -0.3 is 10.1 Å². The molecule has 0 atom stereocenters. The first-order valence-corrected chi connectivity index (χ1v) is 6.58. The minimum atomic E-state index is 0.114. The van der Waals surface area contributed by atoms with Gasteiger partial charge in [0.2, 0.25) is 5.91 Å². The Morgan fingerprint density at radius 2 is 1.94 bits per heavy atom. The third-order valence-electron chi connectivity index (χ3n) is 2.89. The number of carbonyl (C=O) groups excluding carboxylic acids is 1. The molecule has 0 aliphatic carbocycles. The average molecular weight is 249 g/mol. The lowest BCUT2D eigenvalue weighted by atomic mass is 10.0. The molecule has 1 amide bonds. The Morgan fingerprint density at radius 3 is 2.56 bits per heavy atom. The van der Waals surface area contributed by atoms with E-state index in [1.165, 1.54) is 0 Å². The van der Waals surface area contributed by atoms with Crippen LogP contribution in [0.25, 0.3) is 0 Å². The zero-order chi connectivity index (χ0) is 13.5. The molecule has 0 aromatic heterocycles. The summed E-state index contributed by atoms with van der Waals surface area (Å²) in [5.41, 5.74) is 3.42. The molecule has 0 heterocycles. The molecule has 1 rings (SSSR count). The van der Waals surface area contributed by atoms with Crippen LogP contribution in [0.3, 0.4) is 0 Å². The Morgan fingerprint density at radius 1 is 1.22 bits per heavy atom. The van der Waals surface area contributed by atoms with Crippen molar-refractivity contribution in [2.75, 3.05) is 6.61 Å². The zero-order valence-corrected chi connectivity index (χ0v) is 11.8. The first kappa shape index (κ1) is 14.6. The van der Waals surface area contributed by atoms with E-state index >= 15 is 0 Å². The molecule has 0 unspecified atom stereocenters. The van der Waals surface area contributed by atoms with Crippen LogP contribution in [0.2, 0.25) is 0 Å². The van der Waals surface area contributed by atoms with Gasteiger partial charge in [-0.15, -0.1) is 0 Å². The number of carbonyl (C=O) groups is 1. The molecule has 3 heteroatoms. The Hall–Kier alpha value is -1.51. The summed E-state index contributed by atoms with van der Waals surface area (Å²) in [6, 6.07) is 4.13. The topological polar surface area (TPSA) is 38.3 Å². The van der Waals surface area contributed by atoms with Gasteiger partial charge in [-0.25, -0.2) is 0 Å². The summed E-state index contributed by atoms with van der Waals surface area (Å²) in [4.78, 5) is 11.4. The number of rotatable bonds is 6. The highest BCUT2D eigenvalue weighted by Gasteiger charge is 2.06. The van der Waals surface area contributed by atoms with Gasteiger partial charge in [-0.2, -0.15) is 0 Å². The maximum absolute atomic E-state index is 11.4. The van der Waals surface area contributed by atoms with Crippen molar-refractivity contribution in [1.82, 2.24) is 5.32 Å². The molecule has 0 aliphatic rings. The summed E-state index contributed by atoms with van der Waals surface area (Å²) < 4.78 is 5.55. The maximum Gasteiger partial charge on any atom is 0.220 e. The fourth-order valence-electron chi connectivity index (χ4n) is 1.86. The number of ether oxygens (including phenoxy) is 1. The summed E-state index contributed by atoms with van der Waals surface area (Å²) in [5.74, 6) is 1.04. The van der Waals surface area contributed by atoms with E-state index in [1.807, 2.05) is 33.8 Å². The molecule has 18 heavy (non-hydrogen) atoms. The molecule has 0 spiro atoms. The van der Waals surface area contributed by atoms with Crippen molar-refractivity contribution in [2.45, 2.75) is 47.1 Å². The van der Waals surface area contributed by atoms with Crippen LogP contribution in [0.5, 0.6) is 5.75 Å². The van der Waals surface area contributed by atoms with Gasteiger partial charge in [0, 0.05) is 13.0 Å². The second-order valence-electron chi connectivity index (χ2n) is 4.50. The molecule has 0 aliphatic heterocycles. The third-order valence-corrected chi connectivity index (χ3v) is 2.89. The number of nitrogens with one attached hydrogen (secondary N) is 1. The van der Waals surface area contributed by atoms with Gasteiger partial charge in [0.25, 0.3) is 0 Å². The number of hydrogen-bond donors (Lipinski definition) is 1. The van der Waals surface area contributed by atoms with Crippen LogP contribution in [0.4, 0.5) is 0 Å². The number of amides is 1. The van der Waals surface area contributed by atoms with Gasteiger partial charge >= 0.3 is 0 Å². The van der Waals surface area contributed by atoms with Crippen LogP contribution in [0.1, 0.15) is 43.4 Å². The van der Waals surface area contributed by atoms with E-state index < -0.39 is 0 Å². The van der Waals surface area contributed by atoms with Crippen molar-refractivity contribution in [3.8, 4) is 5.75 Å². The maximum atomic E-state index is 11.4. The van der Waals surface area contributed by atoms with E-state index in [0.717, 1.165) is 28.9 Å². The second kappa shape index (κ2) is 7.04. The van der Waals surface area contributed by atoms with Gasteiger partial charge in [-0.1, -0.05) is 13.0 Å². The molecule has 1 aromatic rings. The van der Waals surface area contributed by atoms with Crippen LogP contribution < -0.4 is 10.1 Å². The van der Waals surface area contributed by atoms with Crippen molar-refractivity contribution >= 4 is 5.91 Å². The molecule has 0 saturated heterocycles.